The SMILES string of the molecule is C[C@H](NC(=O)Cn1nc2c(NCC(F)F)ccnn2c1=O)c1ccc(OC(F)(F)F)cc1. The number of carbonyl (C=O) groups excluding carboxylic acids is 1. The van der Waals surface area contributed by atoms with Gasteiger partial charge in [-0.3, -0.25) is 4.79 Å². The van der Waals surface area contributed by atoms with Crippen LogP contribution in [0.5, 0.6) is 5.75 Å². The summed E-state index contributed by atoms with van der Waals surface area (Å²) in [4.78, 5) is 24.8. The van der Waals surface area contributed by atoms with E-state index in [9.17, 15) is 31.5 Å². The van der Waals surface area contributed by atoms with E-state index in [1.165, 1.54) is 24.4 Å². The van der Waals surface area contributed by atoms with E-state index in [1.54, 1.807) is 6.92 Å². The van der Waals surface area contributed by atoms with Crippen LogP contribution in [0.2, 0.25) is 0 Å². The molecule has 1 aromatic carbocycles. The van der Waals surface area contributed by atoms with Crippen LogP contribution in [0.1, 0.15) is 18.5 Å². The number of anilines is 1. The molecule has 2 heterocycles. The molecule has 0 bridgehead atoms. The van der Waals surface area contributed by atoms with Crippen molar-refractivity contribution >= 4 is 17.2 Å². The maximum Gasteiger partial charge on any atom is 0.573 e. The highest BCUT2D eigenvalue weighted by atomic mass is 19.4. The lowest BCUT2D eigenvalue weighted by molar-refractivity contribution is -0.274. The molecule has 3 rings (SSSR count). The van der Waals surface area contributed by atoms with E-state index >= 15 is 0 Å². The van der Waals surface area contributed by atoms with Gasteiger partial charge in [0, 0.05) is 0 Å². The minimum absolute atomic E-state index is 0.0285. The highest BCUT2D eigenvalue weighted by molar-refractivity contribution is 5.76. The van der Waals surface area contributed by atoms with Gasteiger partial charge in [0.15, 0.2) is 0 Å². The van der Waals surface area contributed by atoms with Gasteiger partial charge in [0.05, 0.1) is 24.5 Å². The second-order valence-corrected chi connectivity index (χ2v) is 6.60. The van der Waals surface area contributed by atoms with Gasteiger partial charge in [-0.2, -0.15) is 9.61 Å². The van der Waals surface area contributed by atoms with Gasteiger partial charge in [0.2, 0.25) is 11.6 Å². The third kappa shape index (κ3) is 5.70. The van der Waals surface area contributed by atoms with E-state index in [2.05, 4.69) is 25.6 Å². The summed E-state index contributed by atoms with van der Waals surface area (Å²) in [5.41, 5.74) is -0.141. The number of nitrogens with one attached hydrogen (secondary N) is 2. The third-order valence-corrected chi connectivity index (χ3v) is 4.21. The topological polar surface area (TPSA) is 103 Å². The van der Waals surface area contributed by atoms with Crippen LogP contribution < -0.4 is 21.1 Å². The number of rotatable bonds is 8. The molecule has 0 saturated carbocycles. The molecule has 0 aliphatic heterocycles. The molecule has 0 aliphatic rings. The molecule has 32 heavy (non-hydrogen) atoms. The summed E-state index contributed by atoms with van der Waals surface area (Å²) < 4.78 is 67.1. The van der Waals surface area contributed by atoms with Gasteiger partial charge >= 0.3 is 12.1 Å². The minimum atomic E-state index is -4.81. The molecule has 0 unspecified atom stereocenters. The average Bonchev–Trinajstić information content (AvgIpc) is 3.01. The van der Waals surface area contributed by atoms with Crippen LogP contribution in [0.15, 0.2) is 41.3 Å². The molecule has 2 N–H and O–H groups in total. The van der Waals surface area contributed by atoms with Crippen molar-refractivity contribution in [3.63, 3.8) is 0 Å². The van der Waals surface area contributed by atoms with Crippen molar-refractivity contribution in [2.75, 3.05) is 11.9 Å². The summed E-state index contributed by atoms with van der Waals surface area (Å²) >= 11 is 0. The van der Waals surface area contributed by atoms with Crippen molar-refractivity contribution in [3.05, 3.63) is 52.6 Å². The largest absolute Gasteiger partial charge is 0.573 e. The Morgan fingerprint density at radius 2 is 1.88 bits per heavy atom. The van der Waals surface area contributed by atoms with Crippen LogP contribution in [-0.2, 0) is 11.3 Å². The minimum Gasteiger partial charge on any atom is -0.406 e. The monoisotopic (exact) mass is 460 g/mol. The molecule has 2 aromatic heterocycles. The first kappa shape index (κ1) is 23.0. The van der Waals surface area contributed by atoms with Crippen LogP contribution in [0.3, 0.4) is 0 Å². The van der Waals surface area contributed by atoms with Crippen LogP contribution in [0, 0.1) is 0 Å². The van der Waals surface area contributed by atoms with E-state index in [0.717, 1.165) is 21.3 Å². The standard InChI is InChI=1S/C18H17F5N6O3/c1-10(11-2-4-12(5-3-11)32-18(21,22)23)26-15(30)9-28-17(31)29-16(27-28)13(6-7-25-29)24-8-14(19)20/h2-7,10,14,24H,8-9H2,1H3,(H,26,30)/t10-/m0/s1. The molecule has 0 fully saturated rings. The average molecular weight is 460 g/mol. The normalized spacial score (nSPS) is 12.7. The van der Waals surface area contributed by atoms with Crippen LogP contribution in [-0.4, -0.2) is 44.6 Å². The number of ether oxygens (including phenoxy) is 1. The fraction of sp³-hybridized carbons (Fsp3) is 0.333. The number of benzene rings is 1. The van der Waals surface area contributed by atoms with Gasteiger partial charge in [-0.1, -0.05) is 12.1 Å². The highest BCUT2D eigenvalue weighted by Gasteiger charge is 2.31. The predicted octanol–water partition coefficient (Wildman–Crippen LogP) is 2.34. The van der Waals surface area contributed by atoms with Crippen molar-refractivity contribution < 1.29 is 31.5 Å². The lowest BCUT2D eigenvalue weighted by Crippen LogP contribution is -2.34. The molecular weight excluding hydrogens is 443 g/mol. The Morgan fingerprint density at radius 3 is 2.50 bits per heavy atom. The van der Waals surface area contributed by atoms with Gasteiger partial charge in [-0.15, -0.1) is 18.3 Å². The Kier molecular flexibility index (Phi) is 6.60. The summed E-state index contributed by atoms with van der Waals surface area (Å²) in [6, 6.07) is 5.69. The smallest absolute Gasteiger partial charge is 0.406 e. The van der Waals surface area contributed by atoms with Crippen molar-refractivity contribution in [2.24, 2.45) is 0 Å². The number of carbonyl (C=O) groups is 1. The lowest BCUT2D eigenvalue weighted by atomic mass is 10.1. The molecule has 0 aliphatic carbocycles. The highest BCUT2D eigenvalue weighted by Crippen LogP contribution is 2.24. The Bertz CT molecular complexity index is 1140. The van der Waals surface area contributed by atoms with E-state index in [1.807, 2.05) is 0 Å². The first-order chi connectivity index (χ1) is 15.0. The van der Waals surface area contributed by atoms with E-state index in [0.29, 0.717) is 5.56 Å². The van der Waals surface area contributed by atoms with Gasteiger partial charge in [-0.25, -0.2) is 18.3 Å². The van der Waals surface area contributed by atoms with Gasteiger partial charge in [0.1, 0.15) is 12.3 Å². The Labute approximate surface area is 176 Å². The van der Waals surface area contributed by atoms with Crippen LogP contribution in [0.4, 0.5) is 27.6 Å². The Balaban J connectivity index is 1.68. The number of amides is 1. The summed E-state index contributed by atoms with van der Waals surface area (Å²) in [5, 5.41) is 12.8. The van der Waals surface area contributed by atoms with Gasteiger partial charge in [0.25, 0.3) is 6.43 Å². The summed E-state index contributed by atoms with van der Waals surface area (Å²) in [6.07, 6.45) is -6.21. The van der Waals surface area contributed by atoms with Crippen molar-refractivity contribution in [1.29, 1.82) is 0 Å². The molecule has 9 nitrogen and oxygen atoms in total. The molecule has 1 atom stereocenters. The molecule has 172 valence electrons. The number of nitrogens with zero attached hydrogens (tertiary/aromatic N) is 4. The quantitative estimate of drug-likeness (QED) is 0.501. The fourth-order valence-electron chi connectivity index (χ4n) is 2.81. The molecule has 0 spiro atoms. The van der Waals surface area contributed by atoms with E-state index in [-0.39, 0.29) is 11.3 Å². The van der Waals surface area contributed by atoms with E-state index in [4.69, 9.17) is 0 Å². The fourth-order valence-corrected chi connectivity index (χ4v) is 2.81. The molecule has 0 saturated heterocycles. The van der Waals surface area contributed by atoms with Crippen LogP contribution in [0.25, 0.3) is 5.65 Å². The number of hydrogen-bond acceptors (Lipinski definition) is 6. The molecule has 1 amide bonds. The maximum atomic E-state index is 12.5. The number of alkyl halides is 5. The number of fused-ring (bicyclic) bond motifs is 1. The molecular formula is C18H17F5N6O3. The zero-order valence-electron chi connectivity index (χ0n) is 16.4. The molecule has 14 heteroatoms. The summed E-state index contributed by atoms with van der Waals surface area (Å²) in [6.45, 7) is 0.444. The zero-order chi connectivity index (χ0) is 23.5. The van der Waals surface area contributed by atoms with Crippen molar-refractivity contribution in [1.82, 2.24) is 24.7 Å². The second-order valence-electron chi connectivity index (χ2n) is 6.60. The Hall–Kier alpha value is -3.71. The predicted molar refractivity (Wildman–Crippen MR) is 101 cm³/mol. The summed E-state index contributed by atoms with van der Waals surface area (Å²) in [5.74, 6) is -1.01. The first-order valence-corrected chi connectivity index (χ1v) is 9.15. The maximum absolute atomic E-state index is 12.5. The van der Waals surface area contributed by atoms with Crippen LogP contribution >= 0.6 is 0 Å². The van der Waals surface area contributed by atoms with Crippen molar-refractivity contribution in [2.45, 2.75) is 32.3 Å². The number of halogens is 5. The lowest BCUT2D eigenvalue weighted by Gasteiger charge is -2.15. The number of aromatic nitrogens is 4. The third-order valence-electron chi connectivity index (χ3n) is 4.21. The van der Waals surface area contributed by atoms with Gasteiger partial charge in [-0.05, 0) is 30.7 Å². The first-order valence-electron chi connectivity index (χ1n) is 9.15. The van der Waals surface area contributed by atoms with E-state index < -0.39 is 49.3 Å². The number of hydrogen-bond donors (Lipinski definition) is 2. The summed E-state index contributed by atoms with van der Waals surface area (Å²) in [7, 11) is 0. The van der Waals surface area contributed by atoms with Crippen molar-refractivity contribution in [3.8, 4) is 5.75 Å². The molecule has 0 radical (unpaired) electrons. The Morgan fingerprint density at radius 1 is 1.19 bits per heavy atom. The second kappa shape index (κ2) is 9.20. The zero-order valence-corrected chi connectivity index (χ0v) is 16.4. The molecule has 3 aromatic rings. The van der Waals surface area contributed by atoms with Gasteiger partial charge < -0.3 is 15.4 Å².